The minimum absolute atomic E-state index is 1.10. The van der Waals surface area contributed by atoms with E-state index in [1.54, 1.807) is 0 Å². The molecule has 0 saturated heterocycles. The topological polar surface area (TPSA) is 8.17 Å². The molecule has 0 atom stereocenters. The van der Waals surface area contributed by atoms with Crippen LogP contribution in [0.15, 0.2) is 218 Å². The SMILES string of the molecule is c1ccc(-c2ccc(N(c3ccc(-c4ccc5ccccc5c4)cc3)c3ccccc3-c3ccc(-n4c5ccccc5c5ccccc54)cc3)cc2)cc1. The third kappa shape index (κ3) is 5.62. The van der Waals surface area contributed by atoms with E-state index in [2.05, 4.69) is 228 Å². The van der Waals surface area contributed by atoms with Crippen LogP contribution in [0.4, 0.5) is 17.1 Å². The highest BCUT2D eigenvalue weighted by molar-refractivity contribution is 6.09. The number of anilines is 3. The molecule has 10 aromatic rings. The minimum Gasteiger partial charge on any atom is -0.310 e. The van der Waals surface area contributed by atoms with Crippen LogP contribution in [0.5, 0.6) is 0 Å². The van der Waals surface area contributed by atoms with Gasteiger partial charge in [0.15, 0.2) is 0 Å². The van der Waals surface area contributed by atoms with Crippen molar-refractivity contribution in [3.8, 4) is 39.1 Å². The van der Waals surface area contributed by atoms with Crippen molar-refractivity contribution in [3.63, 3.8) is 0 Å². The van der Waals surface area contributed by atoms with Gasteiger partial charge in [-0.1, -0.05) is 158 Å². The van der Waals surface area contributed by atoms with Crippen molar-refractivity contribution in [1.82, 2.24) is 4.57 Å². The maximum absolute atomic E-state index is 2.38. The van der Waals surface area contributed by atoms with Crippen molar-refractivity contribution >= 4 is 49.6 Å². The molecule has 0 aliphatic rings. The Morgan fingerprint density at radius 1 is 0.315 bits per heavy atom. The molecule has 0 unspecified atom stereocenters. The first-order chi connectivity index (χ1) is 26.8. The Balaban J connectivity index is 1.07. The minimum atomic E-state index is 1.10. The van der Waals surface area contributed by atoms with Crippen LogP contribution in [0.1, 0.15) is 0 Å². The second kappa shape index (κ2) is 13.4. The molecule has 2 heteroatoms. The number of benzene rings is 9. The number of rotatable bonds is 7. The molecule has 0 amide bonds. The molecule has 0 saturated carbocycles. The van der Waals surface area contributed by atoms with E-state index in [9.17, 15) is 0 Å². The first kappa shape index (κ1) is 31.6. The van der Waals surface area contributed by atoms with E-state index in [1.165, 1.54) is 54.8 Å². The summed E-state index contributed by atoms with van der Waals surface area (Å²) in [5.41, 5.74) is 14.0. The average Bonchev–Trinajstić information content (AvgIpc) is 3.59. The standard InChI is InChI=1S/C52H36N2/c1-2-12-37(13-3-1)39-24-30-44(31-25-39)53(45-32-26-40(27-33-45)43-23-22-38-14-4-5-15-42(38)36-43)50-19-9-6-16-47(50)41-28-34-46(35-29-41)54-51-20-10-7-17-48(51)49-18-8-11-21-52(49)54/h1-36H. The summed E-state index contributed by atoms with van der Waals surface area (Å²) in [6.45, 7) is 0. The molecule has 2 nitrogen and oxygen atoms in total. The number of hydrogen-bond acceptors (Lipinski definition) is 1. The van der Waals surface area contributed by atoms with Crippen molar-refractivity contribution in [1.29, 1.82) is 0 Å². The Labute approximate surface area is 315 Å². The number of para-hydroxylation sites is 3. The van der Waals surface area contributed by atoms with E-state index in [0.29, 0.717) is 0 Å². The van der Waals surface area contributed by atoms with Crippen LogP contribution in [0.2, 0.25) is 0 Å². The maximum Gasteiger partial charge on any atom is 0.0541 e. The molecular weight excluding hydrogens is 653 g/mol. The van der Waals surface area contributed by atoms with Crippen molar-refractivity contribution in [2.24, 2.45) is 0 Å². The lowest BCUT2D eigenvalue weighted by Crippen LogP contribution is -2.11. The summed E-state index contributed by atoms with van der Waals surface area (Å²) in [6, 6.07) is 78.9. The molecule has 54 heavy (non-hydrogen) atoms. The van der Waals surface area contributed by atoms with Crippen molar-refractivity contribution < 1.29 is 0 Å². The van der Waals surface area contributed by atoms with Gasteiger partial charge < -0.3 is 9.47 Å². The summed E-state index contributed by atoms with van der Waals surface area (Å²) in [5, 5.41) is 5.03. The number of aromatic nitrogens is 1. The van der Waals surface area contributed by atoms with E-state index in [-0.39, 0.29) is 0 Å². The van der Waals surface area contributed by atoms with Crippen LogP contribution in [0.25, 0.3) is 71.6 Å². The fourth-order valence-electron chi connectivity index (χ4n) is 7.94. The molecule has 1 aromatic heterocycles. The van der Waals surface area contributed by atoms with Gasteiger partial charge in [0, 0.05) is 33.4 Å². The van der Waals surface area contributed by atoms with Gasteiger partial charge in [0.05, 0.1) is 16.7 Å². The van der Waals surface area contributed by atoms with Crippen LogP contribution in [-0.2, 0) is 0 Å². The van der Waals surface area contributed by atoms with Crippen LogP contribution in [-0.4, -0.2) is 4.57 Å². The zero-order valence-corrected chi connectivity index (χ0v) is 29.7. The monoisotopic (exact) mass is 688 g/mol. The van der Waals surface area contributed by atoms with Gasteiger partial charge in [0.1, 0.15) is 0 Å². The molecule has 0 aliphatic heterocycles. The molecule has 0 spiro atoms. The van der Waals surface area contributed by atoms with E-state index < -0.39 is 0 Å². The van der Waals surface area contributed by atoms with Crippen molar-refractivity contribution in [2.75, 3.05) is 4.90 Å². The van der Waals surface area contributed by atoms with Crippen molar-refractivity contribution in [3.05, 3.63) is 218 Å². The average molecular weight is 689 g/mol. The van der Waals surface area contributed by atoms with Crippen LogP contribution < -0.4 is 4.90 Å². The van der Waals surface area contributed by atoms with Gasteiger partial charge in [0.2, 0.25) is 0 Å². The summed E-state index contributed by atoms with van der Waals surface area (Å²) in [7, 11) is 0. The summed E-state index contributed by atoms with van der Waals surface area (Å²) in [6.07, 6.45) is 0. The van der Waals surface area contributed by atoms with Gasteiger partial charge in [-0.05, 0) is 99.3 Å². The van der Waals surface area contributed by atoms with Crippen LogP contribution >= 0.6 is 0 Å². The molecule has 0 fully saturated rings. The molecule has 0 N–H and O–H groups in total. The normalized spacial score (nSPS) is 11.3. The third-order valence-corrected chi connectivity index (χ3v) is 10.6. The summed E-state index contributed by atoms with van der Waals surface area (Å²) >= 11 is 0. The zero-order chi connectivity index (χ0) is 35.8. The van der Waals surface area contributed by atoms with E-state index in [4.69, 9.17) is 0 Å². The Hall–Kier alpha value is -7.16. The summed E-state index contributed by atoms with van der Waals surface area (Å²) in [5.74, 6) is 0. The zero-order valence-electron chi connectivity index (χ0n) is 29.7. The largest absolute Gasteiger partial charge is 0.310 e. The predicted molar refractivity (Wildman–Crippen MR) is 229 cm³/mol. The maximum atomic E-state index is 2.38. The van der Waals surface area contributed by atoms with Crippen LogP contribution in [0.3, 0.4) is 0 Å². The van der Waals surface area contributed by atoms with E-state index in [1.807, 2.05) is 0 Å². The predicted octanol–water partition coefficient (Wildman–Crippen LogP) is 14.4. The summed E-state index contributed by atoms with van der Waals surface area (Å²) < 4.78 is 2.37. The number of nitrogens with zero attached hydrogens (tertiary/aromatic N) is 2. The van der Waals surface area contributed by atoms with Gasteiger partial charge in [-0.2, -0.15) is 0 Å². The lowest BCUT2D eigenvalue weighted by Gasteiger charge is -2.28. The Morgan fingerprint density at radius 2 is 0.796 bits per heavy atom. The lowest BCUT2D eigenvalue weighted by molar-refractivity contribution is 1.18. The molecule has 0 radical (unpaired) electrons. The molecule has 9 aromatic carbocycles. The Bertz CT molecular complexity index is 2850. The molecule has 0 bridgehead atoms. The summed E-state index contributed by atoms with van der Waals surface area (Å²) in [4.78, 5) is 2.38. The smallest absolute Gasteiger partial charge is 0.0541 e. The highest BCUT2D eigenvalue weighted by Gasteiger charge is 2.18. The second-order valence-electron chi connectivity index (χ2n) is 13.8. The van der Waals surface area contributed by atoms with Gasteiger partial charge in [-0.3, -0.25) is 0 Å². The van der Waals surface area contributed by atoms with Gasteiger partial charge in [0.25, 0.3) is 0 Å². The molecular formula is C52H36N2. The van der Waals surface area contributed by atoms with Gasteiger partial charge in [-0.15, -0.1) is 0 Å². The molecule has 1 heterocycles. The lowest BCUT2D eigenvalue weighted by atomic mass is 9.99. The fraction of sp³-hybridized carbons (Fsp3) is 0. The quantitative estimate of drug-likeness (QED) is 0.162. The first-order valence-electron chi connectivity index (χ1n) is 18.5. The second-order valence-corrected chi connectivity index (χ2v) is 13.8. The van der Waals surface area contributed by atoms with E-state index in [0.717, 1.165) is 33.9 Å². The molecule has 10 rings (SSSR count). The van der Waals surface area contributed by atoms with Gasteiger partial charge in [-0.25, -0.2) is 0 Å². The Morgan fingerprint density at radius 3 is 1.46 bits per heavy atom. The molecule has 0 aliphatic carbocycles. The fourth-order valence-corrected chi connectivity index (χ4v) is 7.94. The first-order valence-corrected chi connectivity index (χ1v) is 18.5. The highest BCUT2D eigenvalue weighted by Crippen LogP contribution is 2.42. The number of fused-ring (bicyclic) bond motifs is 4. The highest BCUT2D eigenvalue weighted by atomic mass is 15.1. The van der Waals surface area contributed by atoms with Gasteiger partial charge >= 0.3 is 0 Å². The van der Waals surface area contributed by atoms with Crippen molar-refractivity contribution in [2.45, 2.75) is 0 Å². The Kier molecular flexibility index (Phi) is 7.85. The van der Waals surface area contributed by atoms with E-state index >= 15 is 0 Å². The molecule has 254 valence electrons. The number of hydrogen-bond donors (Lipinski definition) is 0. The van der Waals surface area contributed by atoms with Crippen LogP contribution in [0, 0.1) is 0 Å². The third-order valence-electron chi connectivity index (χ3n) is 10.6.